The molecule has 0 aliphatic rings. The van der Waals surface area contributed by atoms with Crippen molar-refractivity contribution in [2.75, 3.05) is 24.2 Å². The van der Waals surface area contributed by atoms with E-state index in [-0.39, 0.29) is 12.3 Å². The minimum Gasteiger partial charge on any atom is -0.493 e. The van der Waals surface area contributed by atoms with Gasteiger partial charge in [0.2, 0.25) is 10.0 Å². The lowest BCUT2D eigenvalue weighted by Gasteiger charge is -2.21. The lowest BCUT2D eigenvalue weighted by Crippen LogP contribution is -2.39. The third kappa shape index (κ3) is 7.60. The van der Waals surface area contributed by atoms with Crippen LogP contribution in [0.3, 0.4) is 0 Å². The van der Waals surface area contributed by atoms with E-state index in [1.807, 2.05) is 18.2 Å². The highest BCUT2D eigenvalue weighted by atomic mass is 79.9. The van der Waals surface area contributed by atoms with Crippen molar-refractivity contribution in [1.29, 1.82) is 0 Å². The van der Waals surface area contributed by atoms with Crippen LogP contribution in [0.4, 0.5) is 5.69 Å². The smallest absolute Gasteiger partial charge is 0.260 e. The molecule has 0 bridgehead atoms. The van der Waals surface area contributed by atoms with E-state index in [0.717, 1.165) is 16.1 Å². The summed E-state index contributed by atoms with van der Waals surface area (Å²) in [5.74, 6) is 0.278. The first-order chi connectivity index (χ1) is 17.1. The number of nitrogens with one attached hydrogen (secondary N) is 1. The largest absolute Gasteiger partial charge is 0.493 e. The van der Waals surface area contributed by atoms with Crippen molar-refractivity contribution in [3.63, 3.8) is 0 Å². The van der Waals surface area contributed by atoms with Crippen molar-refractivity contribution in [1.82, 2.24) is 5.43 Å². The van der Waals surface area contributed by atoms with Gasteiger partial charge in [-0.3, -0.25) is 9.10 Å². The van der Waals surface area contributed by atoms with Crippen LogP contribution in [0.1, 0.15) is 11.1 Å². The van der Waals surface area contributed by atoms with Crippen molar-refractivity contribution < 1.29 is 22.7 Å². The van der Waals surface area contributed by atoms with Crippen molar-refractivity contribution in [3.8, 4) is 11.5 Å². The van der Waals surface area contributed by atoms with Gasteiger partial charge in [-0.25, -0.2) is 13.8 Å². The number of carbonyl (C=O) groups is 1. The van der Waals surface area contributed by atoms with Gasteiger partial charge in [0, 0.05) is 15.6 Å². The van der Waals surface area contributed by atoms with Gasteiger partial charge in [0.25, 0.3) is 5.91 Å². The Balaban J connectivity index is 1.69. The van der Waals surface area contributed by atoms with E-state index in [1.54, 1.807) is 36.4 Å². The molecule has 0 aliphatic heterocycles. The molecule has 8 nitrogen and oxygen atoms in total. The van der Waals surface area contributed by atoms with Gasteiger partial charge in [0.1, 0.15) is 13.2 Å². The summed E-state index contributed by atoms with van der Waals surface area (Å²) in [6.07, 6.45) is 2.40. The maximum Gasteiger partial charge on any atom is 0.260 e. The molecule has 3 aromatic rings. The predicted molar refractivity (Wildman–Crippen MR) is 146 cm³/mol. The maximum absolute atomic E-state index is 12.4. The van der Waals surface area contributed by atoms with Crippen LogP contribution in [0.2, 0.25) is 10.0 Å². The molecule has 0 spiro atoms. The minimum absolute atomic E-state index is 0.238. The van der Waals surface area contributed by atoms with Crippen LogP contribution in [0.15, 0.2) is 70.2 Å². The number of nitrogens with zero attached hydrogens (tertiary/aromatic N) is 2. The van der Waals surface area contributed by atoms with Gasteiger partial charge in [0.05, 0.1) is 29.7 Å². The number of anilines is 1. The molecule has 0 heterocycles. The van der Waals surface area contributed by atoms with Crippen molar-refractivity contribution in [2.24, 2.45) is 5.10 Å². The highest BCUT2D eigenvalue weighted by Gasteiger charge is 2.21. The van der Waals surface area contributed by atoms with Crippen molar-refractivity contribution >= 4 is 67.0 Å². The number of hydrogen-bond donors (Lipinski definition) is 1. The van der Waals surface area contributed by atoms with Crippen LogP contribution >= 0.6 is 39.1 Å². The molecule has 0 unspecified atom stereocenters. The molecular formula is C24H22BrCl2N3O5S. The van der Waals surface area contributed by atoms with E-state index in [2.05, 4.69) is 26.5 Å². The van der Waals surface area contributed by atoms with Crippen LogP contribution in [-0.4, -0.2) is 40.4 Å². The van der Waals surface area contributed by atoms with E-state index < -0.39 is 22.5 Å². The highest BCUT2D eigenvalue weighted by Crippen LogP contribution is 2.37. The molecule has 0 radical (unpaired) electrons. The molecule has 0 aliphatic carbocycles. The summed E-state index contributed by atoms with van der Waals surface area (Å²) in [4.78, 5) is 12.4. The minimum atomic E-state index is -3.74. The summed E-state index contributed by atoms with van der Waals surface area (Å²) in [6, 6.07) is 17.0. The number of halogens is 3. The van der Waals surface area contributed by atoms with Gasteiger partial charge >= 0.3 is 0 Å². The zero-order chi connectivity index (χ0) is 26.3. The topological polar surface area (TPSA) is 97.3 Å². The number of rotatable bonds is 10. The Hall–Kier alpha value is -2.79. The third-order valence-corrected chi connectivity index (χ3v) is 7.10. The van der Waals surface area contributed by atoms with Crippen LogP contribution in [-0.2, 0) is 21.4 Å². The molecule has 3 rings (SSSR count). The number of amides is 1. The summed E-state index contributed by atoms with van der Waals surface area (Å²) < 4.78 is 37.3. The molecule has 1 amide bonds. The fourth-order valence-electron chi connectivity index (χ4n) is 3.10. The molecule has 3 aromatic carbocycles. The van der Waals surface area contributed by atoms with E-state index in [9.17, 15) is 13.2 Å². The number of benzene rings is 3. The van der Waals surface area contributed by atoms with Crippen LogP contribution in [0.25, 0.3) is 0 Å². The van der Waals surface area contributed by atoms with Gasteiger partial charge < -0.3 is 9.47 Å². The Morgan fingerprint density at radius 3 is 2.56 bits per heavy atom. The lowest BCUT2D eigenvalue weighted by atomic mass is 10.2. The summed E-state index contributed by atoms with van der Waals surface area (Å²) in [5, 5.41) is 4.87. The third-order valence-electron chi connectivity index (χ3n) is 4.77. The standard InChI is InChI=1S/C24H22BrCl2N3O5S/c1-34-22-11-16(10-20(25)24(22)35-15-17-6-3-4-9-21(17)27)13-28-29-23(31)14-30(36(2,32)33)19-8-5-7-18(26)12-19/h3-13H,14-15H2,1-2H3,(H,29,31)/b28-13-. The summed E-state index contributed by atoms with van der Waals surface area (Å²) in [7, 11) is -2.24. The number of carbonyl (C=O) groups excluding carboxylic acids is 1. The molecule has 12 heteroatoms. The number of methoxy groups -OCH3 is 1. The Kier molecular flexibility index (Phi) is 9.61. The van der Waals surface area contributed by atoms with E-state index in [1.165, 1.54) is 19.4 Å². The lowest BCUT2D eigenvalue weighted by molar-refractivity contribution is -0.119. The molecule has 36 heavy (non-hydrogen) atoms. The molecule has 0 saturated carbocycles. The second-order valence-corrected chi connectivity index (χ2v) is 11.1. The summed E-state index contributed by atoms with van der Waals surface area (Å²) >= 11 is 15.6. The number of hydrogen-bond acceptors (Lipinski definition) is 6. The SMILES string of the molecule is COc1cc(/C=N\NC(=O)CN(c2cccc(Cl)c2)S(C)(=O)=O)cc(Br)c1OCc1ccccc1Cl. The molecule has 0 aromatic heterocycles. The quantitative estimate of drug-likeness (QED) is 0.248. The average molecular weight is 615 g/mol. The Bertz CT molecular complexity index is 1390. The zero-order valence-corrected chi connectivity index (χ0v) is 23.2. The first-order valence-electron chi connectivity index (χ1n) is 10.4. The molecular weight excluding hydrogens is 593 g/mol. The molecule has 0 atom stereocenters. The van der Waals surface area contributed by atoms with Gasteiger partial charge in [-0.1, -0.05) is 47.5 Å². The van der Waals surface area contributed by atoms with E-state index in [0.29, 0.717) is 31.6 Å². The fraction of sp³-hybridized carbons (Fsp3) is 0.167. The Morgan fingerprint density at radius 2 is 1.89 bits per heavy atom. The molecule has 190 valence electrons. The monoisotopic (exact) mass is 613 g/mol. The molecule has 0 fully saturated rings. The van der Waals surface area contributed by atoms with Gasteiger partial charge in [-0.2, -0.15) is 5.10 Å². The first-order valence-corrected chi connectivity index (χ1v) is 13.8. The summed E-state index contributed by atoms with van der Waals surface area (Å²) in [5.41, 5.74) is 4.02. The molecule has 1 N–H and O–H groups in total. The second-order valence-electron chi connectivity index (χ2n) is 7.46. The van der Waals surface area contributed by atoms with E-state index in [4.69, 9.17) is 32.7 Å². The second kappa shape index (κ2) is 12.4. The van der Waals surface area contributed by atoms with Gasteiger partial charge in [-0.15, -0.1) is 0 Å². The van der Waals surface area contributed by atoms with Crippen LogP contribution in [0, 0.1) is 0 Å². The Labute approximate surface area is 228 Å². The normalized spacial score (nSPS) is 11.4. The number of ether oxygens (including phenoxy) is 2. The Morgan fingerprint density at radius 1 is 1.14 bits per heavy atom. The number of hydrazone groups is 1. The summed E-state index contributed by atoms with van der Waals surface area (Å²) in [6.45, 7) is -0.236. The zero-order valence-electron chi connectivity index (χ0n) is 19.2. The maximum atomic E-state index is 12.4. The first kappa shape index (κ1) is 27.8. The van der Waals surface area contributed by atoms with Gasteiger partial charge in [-0.05, 0) is 57.9 Å². The predicted octanol–water partition coefficient (Wildman–Crippen LogP) is 5.26. The fourth-order valence-corrected chi connectivity index (χ4v) is 4.89. The van der Waals surface area contributed by atoms with E-state index >= 15 is 0 Å². The van der Waals surface area contributed by atoms with Crippen LogP contribution in [0.5, 0.6) is 11.5 Å². The average Bonchev–Trinajstić information content (AvgIpc) is 2.81. The van der Waals surface area contributed by atoms with Crippen molar-refractivity contribution in [3.05, 3.63) is 86.3 Å². The highest BCUT2D eigenvalue weighted by molar-refractivity contribution is 9.10. The van der Waals surface area contributed by atoms with Gasteiger partial charge in [0.15, 0.2) is 11.5 Å². The number of sulfonamides is 1. The van der Waals surface area contributed by atoms with Crippen molar-refractivity contribution in [2.45, 2.75) is 6.61 Å². The van der Waals surface area contributed by atoms with Crippen LogP contribution < -0.4 is 19.2 Å². The molecule has 0 saturated heterocycles.